The van der Waals surface area contributed by atoms with Crippen LogP contribution in [0, 0.1) is 0 Å². The first kappa shape index (κ1) is 12.6. The lowest BCUT2D eigenvalue weighted by Gasteiger charge is -2.08. The molecule has 0 heterocycles. The number of nitrogens with one attached hydrogen (secondary N) is 1. The minimum absolute atomic E-state index is 0.893. The van der Waals surface area contributed by atoms with Gasteiger partial charge in [-0.1, -0.05) is 31.2 Å². The fraction of sp³-hybridized carbons (Fsp3) is 0.625. The average Bonchev–Trinajstić information content (AvgIpc) is 3.18. The molecule has 1 aromatic carbocycles. The first-order chi connectivity index (χ1) is 8.42. The molecule has 1 aromatic rings. The van der Waals surface area contributed by atoms with E-state index in [1.54, 1.807) is 11.1 Å². The van der Waals surface area contributed by atoms with Gasteiger partial charge in [0.1, 0.15) is 0 Å². The van der Waals surface area contributed by atoms with Gasteiger partial charge in [-0.25, -0.2) is 0 Å². The van der Waals surface area contributed by atoms with Crippen LogP contribution in [-0.4, -0.2) is 13.1 Å². The summed E-state index contributed by atoms with van der Waals surface area (Å²) in [5, 5.41) is 3.47. The van der Waals surface area contributed by atoms with E-state index in [0.29, 0.717) is 0 Å². The van der Waals surface area contributed by atoms with Crippen LogP contribution >= 0.6 is 0 Å². The minimum Gasteiger partial charge on any atom is -0.317 e. The summed E-state index contributed by atoms with van der Waals surface area (Å²) in [5.74, 6) is 0.893. The van der Waals surface area contributed by atoms with Gasteiger partial charge in [-0.15, -0.1) is 0 Å². The van der Waals surface area contributed by atoms with E-state index in [1.165, 1.54) is 51.6 Å². The third-order valence-corrected chi connectivity index (χ3v) is 3.55. The van der Waals surface area contributed by atoms with Crippen molar-refractivity contribution in [3.05, 3.63) is 35.4 Å². The van der Waals surface area contributed by atoms with Crippen molar-refractivity contribution >= 4 is 0 Å². The second-order valence-electron chi connectivity index (χ2n) is 5.18. The summed E-state index contributed by atoms with van der Waals surface area (Å²) in [7, 11) is 0. The van der Waals surface area contributed by atoms with Gasteiger partial charge in [0.15, 0.2) is 0 Å². The molecule has 0 radical (unpaired) electrons. The van der Waals surface area contributed by atoms with Crippen molar-refractivity contribution in [2.45, 2.75) is 51.4 Å². The quantitative estimate of drug-likeness (QED) is 0.669. The van der Waals surface area contributed by atoms with E-state index in [9.17, 15) is 0 Å². The van der Waals surface area contributed by atoms with Crippen molar-refractivity contribution in [3.8, 4) is 0 Å². The van der Waals surface area contributed by atoms with Crippen molar-refractivity contribution in [1.82, 2.24) is 5.32 Å². The molecule has 0 unspecified atom stereocenters. The van der Waals surface area contributed by atoms with Gasteiger partial charge in [-0.05, 0) is 68.7 Å². The van der Waals surface area contributed by atoms with Gasteiger partial charge in [-0.3, -0.25) is 0 Å². The number of benzene rings is 1. The van der Waals surface area contributed by atoms with Crippen LogP contribution in [-0.2, 0) is 6.42 Å². The summed E-state index contributed by atoms with van der Waals surface area (Å²) in [6.07, 6.45) is 7.95. The molecule has 94 valence electrons. The Kier molecular flexibility index (Phi) is 5.06. The van der Waals surface area contributed by atoms with Gasteiger partial charge in [0, 0.05) is 0 Å². The molecule has 0 amide bonds. The van der Waals surface area contributed by atoms with Crippen LogP contribution in [0.25, 0.3) is 0 Å². The molecule has 1 fully saturated rings. The molecule has 1 nitrogen and oxygen atoms in total. The zero-order chi connectivity index (χ0) is 11.9. The number of rotatable bonds is 8. The highest BCUT2D eigenvalue weighted by molar-refractivity contribution is 5.33. The van der Waals surface area contributed by atoms with Crippen molar-refractivity contribution in [1.29, 1.82) is 0 Å². The highest BCUT2D eigenvalue weighted by Crippen LogP contribution is 2.41. The smallest absolute Gasteiger partial charge is 0.00488 e. The fourth-order valence-corrected chi connectivity index (χ4v) is 2.42. The molecule has 0 spiro atoms. The molecule has 17 heavy (non-hydrogen) atoms. The second kappa shape index (κ2) is 6.80. The Hall–Kier alpha value is -0.820. The number of aryl methyl sites for hydroxylation is 1. The Morgan fingerprint density at radius 3 is 2.71 bits per heavy atom. The summed E-state index contributed by atoms with van der Waals surface area (Å²) in [6.45, 7) is 4.57. The SMILES string of the molecule is CCCNCCCCc1ccccc1C1CC1. The van der Waals surface area contributed by atoms with Gasteiger partial charge in [0.25, 0.3) is 0 Å². The second-order valence-corrected chi connectivity index (χ2v) is 5.18. The Balaban J connectivity index is 1.71. The molecule has 1 saturated carbocycles. The first-order valence-electron chi connectivity index (χ1n) is 7.20. The molecule has 0 aliphatic heterocycles. The van der Waals surface area contributed by atoms with Crippen molar-refractivity contribution in [2.75, 3.05) is 13.1 Å². The Bertz CT molecular complexity index is 328. The third kappa shape index (κ3) is 4.16. The standard InChI is InChI=1S/C16H25N/c1-2-12-17-13-6-5-8-14-7-3-4-9-16(14)15-10-11-15/h3-4,7,9,15,17H,2,5-6,8,10-13H2,1H3. The first-order valence-corrected chi connectivity index (χ1v) is 7.20. The maximum Gasteiger partial charge on any atom is -0.00488 e. The molecule has 1 N–H and O–H groups in total. The summed E-state index contributed by atoms with van der Waals surface area (Å²) in [4.78, 5) is 0. The Morgan fingerprint density at radius 1 is 1.12 bits per heavy atom. The normalized spacial score (nSPS) is 15.1. The summed E-state index contributed by atoms with van der Waals surface area (Å²) >= 11 is 0. The predicted molar refractivity (Wildman–Crippen MR) is 74.5 cm³/mol. The van der Waals surface area contributed by atoms with Gasteiger partial charge >= 0.3 is 0 Å². The fourth-order valence-electron chi connectivity index (χ4n) is 2.42. The van der Waals surface area contributed by atoms with E-state index in [-0.39, 0.29) is 0 Å². The molecule has 0 saturated heterocycles. The lowest BCUT2D eigenvalue weighted by molar-refractivity contribution is 0.616. The zero-order valence-electron chi connectivity index (χ0n) is 11.0. The number of hydrogen-bond acceptors (Lipinski definition) is 1. The van der Waals surface area contributed by atoms with Crippen LogP contribution in [0.4, 0.5) is 0 Å². The molecule has 0 aromatic heterocycles. The summed E-state index contributed by atoms with van der Waals surface area (Å²) in [5.41, 5.74) is 3.24. The van der Waals surface area contributed by atoms with E-state index < -0.39 is 0 Å². The van der Waals surface area contributed by atoms with Crippen molar-refractivity contribution in [2.24, 2.45) is 0 Å². The van der Waals surface area contributed by atoms with Gasteiger partial charge < -0.3 is 5.32 Å². The van der Waals surface area contributed by atoms with Crippen molar-refractivity contribution in [3.63, 3.8) is 0 Å². The van der Waals surface area contributed by atoms with Crippen LogP contribution in [0.5, 0.6) is 0 Å². The van der Waals surface area contributed by atoms with E-state index in [2.05, 4.69) is 36.5 Å². The third-order valence-electron chi connectivity index (χ3n) is 3.55. The molecule has 0 atom stereocenters. The van der Waals surface area contributed by atoms with E-state index in [0.717, 1.165) is 5.92 Å². The molecular weight excluding hydrogens is 206 g/mol. The number of unbranched alkanes of at least 4 members (excludes halogenated alkanes) is 1. The van der Waals surface area contributed by atoms with Crippen molar-refractivity contribution < 1.29 is 0 Å². The zero-order valence-corrected chi connectivity index (χ0v) is 11.0. The lowest BCUT2D eigenvalue weighted by atomic mass is 9.99. The molecule has 2 rings (SSSR count). The van der Waals surface area contributed by atoms with Crippen LogP contribution in [0.2, 0.25) is 0 Å². The van der Waals surface area contributed by atoms with E-state index >= 15 is 0 Å². The van der Waals surface area contributed by atoms with E-state index in [1.807, 2.05) is 0 Å². The maximum absolute atomic E-state index is 3.47. The lowest BCUT2D eigenvalue weighted by Crippen LogP contribution is -2.15. The summed E-state index contributed by atoms with van der Waals surface area (Å²) < 4.78 is 0. The molecule has 0 bridgehead atoms. The molecule has 1 aliphatic rings. The van der Waals surface area contributed by atoms with Crippen LogP contribution < -0.4 is 5.32 Å². The Labute approximate surface area is 106 Å². The van der Waals surface area contributed by atoms with Gasteiger partial charge in [-0.2, -0.15) is 0 Å². The van der Waals surface area contributed by atoms with Gasteiger partial charge in [0.05, 0.1) is 0 Å². The highest BCUT2D eigenvalue weighted by atomic mass is 14.8. The van der Waals surface area contributed by atoms with Gasteiger partial charge in [0.2, 0.25) is 0 Å². The van der Waals surface area contributed by atoms with Crippen LogP contribution in [0.15, 0.2) is 24.3 Å². The maximum atomic E-state index is 3.47. The predicted octanol–water partition coefficient (Wildman–Crippen LogP) is 3.89. The highest BCUT2D eigenvalue weighted by Gasteiger charge is 2.25. The largest absolute Gasteiger partial charge is 0.317 e. The number of hydrogen-bond donors (Lipinski definition) is 1. The molecule has 1 aliphatic carbocycles. The average molecular weight is 231 g/mol. The minimum atomic E-state index is 0.893. The topological polar surface area (TPSA) is 12.0 Å². The summed E-state index contributed by atoms with van der Waals surface area (Å²) in [6, 6.07) is 9.05. The van der Waals surface area contributed by atoms with Crippen LogP contribution in [0.1, 0.15) is 56.1 Å². The van der Waals surface area contributed by atoms with Crippen LogP contribution in [0.3, 0.4) is 0 Å². The molecular formula is C16H25N. The Morgan fingerprint density at radius 2 is 1.94 bits per heavy atom. The molecule has 1 heteroatoms. The monoisotopic (exact) mass is 231 g/mol. The van der Waals surface area contributed by atoms with E-state index in [4.69, 9.17) is 0 Å².